The van der Waals surface area contributed by atoms with E-state index in [0.717, 1.165) is 11.3 Å². The Balaban J connectivity index is 2.00. The molecule has 1 aromatic heterocycles. The van der Waals surface area contributed by atoms with Gasteiger partial charge >= 0.3 is 0 Å². The van der Waals surface area contributed by atoms with Crippen LogP contribution in [0.4, 0.5) is 10.1 Å². The smallest absolute Gasteiger partial charge is 0.213 e. The second-order valence-electron chi connectivity index (χ2n) is 4.27. The third-order valence-corrected chi connectivity index (χ3v) is 2.71. The van der Waals surface area contributed by atoms with E-state index in [9.17, 15) is 4.39 Å². The molecule has 100 valence electrons. The first kappa shape index (κ1) is 13.3. The van der Waals surface area contributed by atoms with Gasteiger partial charge in [-0.15, -0.1) is 0 Å². The second-order valence-corrected chi connectivity index (χ2v) is 4.27. The summed E-state index contributed by atoms with van der Waals surface area (Å²) in [6.07, 6.45) is 1.68. The topological polar surface area (TPSA) is 34.1 Å². The van der Waals surface area contributed by atoms with Gasteiger partial charge in [0.1, 0.15) is 5.82 Å². The summed E-state index contributed by atoms with van der Waals surface area (Å²) in [6.45, 7) is 4.88. The first-order valence-corrected chi connectivity index (χ1v) is 6.27. The van der Waals surface area contributed by atoms with Crippen LogP contribution in [-0.2, 0) is 6.54 Å². The monoisotopic (exact) mass is 260 g/mol. The zero-order valence-electron chi connectivity index (χ0n) is 11.1. The molecule has 19 heavy (non-hydrogen) atoms. The molecule has 0 fully saturated rings. The predicted octanol–water partition coefficient (Wildman–Crippen LogP) is 3.54. The van der Waals surface area contributed by atoms with Gasteiger partial charge in [0.2, 0.25) is 5.88 Å². The lowest BCUT2D eigenvalue weighted by molar-refractivity contribution is 0.327. The third-order valence-electron chi connectivity index (χ3n) is 2.71. The van der Waals surface area contributed by atoms with Crippen molar-refractivity contribution in [1.29, 1.82) is 0 Å². The SMILES string of the molecule is CCOc1ccc(NCc2cc(C)ccc2F)cn1. The molecule has 4 heteroatoms. The number of hydrogen-bond acceptors (Lipinski definition) is 3. The number of aryl methyl sites for hydroxylation is 1. The van der Waals surface area contributed by atoms with Crippen molar-refractivity contribution in [2.75, 3.05) is 11.9 Å². The van der Waals surface area contributed by atoms with Gasteiger partial charge in [0.05, 0.1) is 18.5 Å². The van der Waals surface area contributed by atoms with E-state index in [4.69, 9.17) is 4.74 Å². The molecule has 0 saturated carbocycles. The van der Waals surface area contributed by atoms with E-state index in [1.807, 2.05) is 26.0 Å². The van der Waals surface area contributed by atoms with Gasteiger partial charge in [-0.25, -0.2) is 9.37 Å². The molecule has 2 aromatic rings. The molecule has 0 unspecified atom stereocenters. The molecule has 1 N–H and O–H groups in total. The van der Waals surface area contributed by atoms with Crippen molar-refractivity contribution >= 4 is 5.69 Å². The van der Waals surface area contributed by atoms with Gasteiger partial charge in [0.25, 0.3) is 0 Å². The molecule has 0 saturated heterocycles. The Labute approximate surface area is 112 Å². The number of pyridine rings is 1. The van der Waals surface area contributed by atoms with Gasteiger partial charge in [0.15, 0.2) is 0 Å². The molecule has 0 spiro atoms. The number of ether oxygens (including phenoxy) is 1. The first-order chi connectivity index (χ1) is 9.19. The molecule has 0 aliphatic rings. The minimum Gasteiger partial charge on any atom is -0.478 e. The highest BCUT2D eigenvalue weighted by molar-refractivity contribution is 5.43. The summed E-state index contributed by atoms with van der Waals surface area (Å²) in [6, 6.07) is 8.74. The molecular weight excluding hydrogens is 243 g/mol. The van der Waals surface area contributed by atoms with Gasteiger partial charge < -0.3 is 10.1 Å². The fourth-order valence-corrected chi connectivity index (χ4v) is 1.75. The van der Waals surface area contributed by atoms with Crippen LogP contribution in [-0.4, -0.2) is 11.6 Å². The summed E-state index contributed by atoms with van der Waals surface area (Å²) < 4.78 is 18.8. The lowest BCUT2D eigenvalue weighted by atomic mass is 10.1. The van der Waals surface area contributed by atoms with Crippen LogP contribution in [0, 0.1) is 12.7 Å². The van der Waals surface area contributed by atoms with Crippen LogP contribution in [0.25, 0.3) is 0 Å². The van der Waals surface area contributed by atoms with Crippen LogP contribution >= 0.6 is 0 Å². The molecule has 2 rings (SSSR count). The average molecular weight is 260 g/mol. The fourth-order valence-electron chi connectivity index (χ4n) is 1.75. The number of halogens is 1. The Hall–Kier alpha value is -2.10. The lowest BCUT2D eigenvalue weighted by Gasteiger charge is -2.08. The van der Waals surface area contributed by atoms with Crippen molar-refractivity contribution in [3.05, 3.63) is 53.5 Å². The maximum atomic E-state index is 13.6. The minimum atomic E-state index is -0.197. The van der Waals surface area contributed by atoms with Gasteiger partial charge in [-0.1, -0.05) is 17.7 Å². The van der Waals surface area contributed by atoms with E-state index in [1.165, 1.54) is 6.07 Å². The maximum Gasteiger partial charge on any atom is 0.213 e. The van der Waals surface area contributed by atoms with Crippen molar-refractivity contribution in [3.8, 4) is 5.88 Å². The van der Waals surface area contributed by atoms with Crippen LogP contribution < -0.4 is 10.1 Å². The number of nitrogens with zero attached hydrogens (tertiary/aromatic N) is 1. The Morgan fingerprint density at radius 1 is 1.26 bits per heavy atom. The average Bonchev–Trinajstić information content (AvgIpc) is 2.42. The van der Waals surface area contributed by atoms with Crippen LogP contribution in [0.15, 0.2) is 36.5 Å². The first-order valence-electron chi connectivity index (χ1n) is 6.27. The highest BCUT2D eigenvalue weighted by Crippen LogP contribution is 2.15. The van der Waals surface area contributed by atoms with Crippen molar-refractivity contribution in [3.63, 3.8) is 0 Å². The largest absolute Gasteiger partial charge is 0.478 e. The molecular formula is C15H17FN2O. The highest BCUT2D eigenvalue weighted by atomic mass is 19.1. The maximum absolute atomic E-state index is 13.6. The number of rotatable bonds is 5. The molecule has 0 aliphatic heterocycles. The van der Waals surface area contributed by atoms with Crippen molar-refractivity contribution in [2.45, 2.75) is 20.4 Å². The molecule has 0 bridgehead atoms. The number of anilines is 1. The summed E-state index contributed by atoms with van der Waals surface area (Å²) >= 11 is 0. The predicted molar refractivity (Wildman–Crippen MR) is 73.9 cm³/mol. The highest BCUT2D eigenvalue weighted by Gasteiger charge is 2.02. The summed E-state index contributed by atoms with van der Waals surface area (Å²) in [4.78, 5) is 4.14. The van der Waals surface area contributed by atoms with Crippen LogP contribution in [0.3, 0.4) is 0 Å². The van der Waals surface area contributed by atoms with Gasteiger partial charge in [-0.2, -0.15) is 0 Å². The molecule has 1 heterocycles. The van der Waals surface area contributed by atoms with E-state index in [2.05, 4.69) is 10.3 Å². The van der Waals surface area contributed by atoms with Crippen LogP contribution in [0.2, 0.25) is 0 Å². The summed E-state index contributed by atoms with van der Waals surface area (Å²) in [5, 5.41) is 3.14. The van der Waals surface area contributed by atoms with Crippen LogP contribution in [0.1, 0.15) is 18.1 Å². The van der Waals surface area contributed by atoms with E-state index < -0.39 is 0 Å². The van der Waals surface area contributed by atoms with E-state index in [0.29, 0.717) is 24.6 Å². The fraction of sp³-hybridized carbons (Fsp3) is 0.267. The molecule has 0 radical (unpaired) electrons. The van der Waals surface area contributed by atoms with Gasteiger partial charge in [-0.3, -0.25) is 0 Å². The zero-order valence-corrected chi connectivity index (χ0v) is 11.1. The standard InChI is InChI=1S/C15H17FN2O/c1-3-19-15-7-5-13(10-18-15)17-9-12-8-11(2)4-6-14(12)16/h4-8,10,17H,3,9H2,1-2H3. The van der Waals surface area contributed by atoms with E-state index in [1.54, 1.807) is 18.3 Å². The lowest BCUT2D eigenvalue weighted by Crippen LogP contribution is -2.03. The summed E-state index contributed by atoms with van der Waals surface area (Å²) in [5.74, 6) is 0.395. The Morgan fingerprint density at radius 3 is 2.79 bits per heavy atom. The zero-order chi connectivity index (χ0) is 13.7. The van der Waals surface area contributed by atoms with E-state index >= 15 is 0 Å². The Bertz CT molecular complexity index is 540. The second kappa shape index (κ2) is 6.18. The normalized spacial score (nSPS) is 10.3. The van der Waals surface area contributed by atoms with E-state index in [-0.39, 0.29) is 5.82 Å². The molecule has 1 aromatic carbocycles. The van der Waals surface area contributed by atoms with Crippen LogP contribution in [0.5, 0.6) is 5.88 Å². The Morgan fingerprint density at radius 2 is 2.11 bits per heavy atom. The number of aromatic nitrogens is 1. The summed E-state index contributed by atoms with van der Waals surface area (Å²) in [7, 11) is 0. The van der Waals surface area contributed by atoms with Crippen molar-refractivity contribution in [2.24, 2.45) is 0 Å². The van der Waals surface area contributed by atoms with Crippen molar-refractivity contribution in [1.82, 2.24) is 4.98 Å². The molecule has 0 amide bonds. The summed E-state index contributed by atoms with van der Waals surface area (Å²) in [5.41, 5.74) is 2.53. The molecule has 3 nitrogen and oxygen atoms in total. The third kappa shape index (κ3) is 3.68. The van der Waals surface area contributed by atoms with Gasteiger partial charge in [-0.05, 0) is 26.0 Å². The quantitative estimate of drug-likeness (QED) is 0.892. The van der Waals surface area contributed by atoms with Gasteiger partial charge in [0, 0.05) is 18.2 Å². The number of nitrogens with one attached hydrogen (secondary N) is 1. The number of hydrogen-bond donors (Lipinski definition) is 1. The van der Waals surface area contributed by atoms with Crippen molar-refractivity contribution < 1.29 is 9.13 Å². The minimum absolute atomic E-state index is 0.197. The molecule has 0 aliphatic carbocycles. The molecule has 0 atom stereocenters. The number of benzene rings is 1. The Kier molecular flexibility index (Phi) is 4.34.